The van der Waals surface area contributed by atoms with Crippen molar-refractivity contribution in [1.29, 1.82) is 0 Å². The molecule has 0 bridgehead atoms. The molecule has 0 saturated carbocycles. The van der Waals surface area contributed by atoms with Gasteiger partial charge in [0.1, 0.15) is 0 Å². The normalized spacial score (nSPS) is 8.00. The molecule has 0 radical (unpaired) electrons. The third kappa shape index (κ3) is 31.3. The van der Waals surface area contributed by atoms with Crippen molar-refractivity contribution in [2.45, 2.75) is 26.4 Å². The van der Waals surface area contributed by atoms with E-state index in [2.05, 4.69) is 18.9 Å². The van der Waals surface area contributed by atoms with Crippen LogP contribution in [-0.4, -0.2) is 41.0 Å². The van der Waals surface area contributed by atoms with Crippen LogP contribution in [0, 0.1) is 0 Å². The molecule has 7 heteroatoms. The van der Waals surface area contributed by atoms with E-state index in [4.69, 9.17) is 0 Å². The summed E-state index contributed by atoms with van der Waals surface area (Å²) in [6.07, 6.45) is -0.130. The van der Waals surface area contributed by atoms with Gasteiger partial charge in [0.05, 0.1) is 0 Å². The van der Waals surface area contributed by atoms with Gasteiger partial charge >= 0.3 is 16.5 Å². The van der Waals surface area contributed by atoms with Crippen molar-refractivity contribution in [3.05, 3.63) is 0 Å². The van der Waals surface area contributed by atoms with Gasteiger partial charge in [0, 0.05) is 28.4 Å². The summed E-state index contributed by atoms with van der Waals surface area (Å²) in [5, 5.41) is 0. The summed E-state index contributed by atoms with van der Waals surface area (Å²) >= 11 is 0. The Kier molecular flexibility index (Phi) is 48.0. The molecular formula is C8H20Cl2NiO4. The molecule has 0 N–H and O–H groups in total. The van der Waals surface area contributed by atoms with E-state index in [1.165, 1.54) is 0 Å². The fraction of sp³-hybridized carbons (Fsp3) is 1.00. The molecule has 0 aromatic heterocycles. The SMILES string of the molecule is COC(C)OC.COC(C)OC.[Cl-].[Cl-].[Ni+2]. The summed E-state index contributed by atoms with van der Waals surface area (Å²) < 4.78 is 18.7. The quantitative estimate of drug-likeness (QED) is 0.386. The second-order valence-corrected chi connectivity index (χ2v) is 2.08. The molecule has 0 rings (SSSR count). The van der Waals surface area contributed by atoms with Crippen LogP contribution < -0.4 is 24.8 Å². The molecule has 0 amide bonds. The fourth-order valence-corrected chi connectivity index (χ4v) is 0.192. The minimum Gasteiger partial charge on any atom is -1.00 e. The van der Waals surface area contributed by atoms with Gasteiger partial charge < -0.3 is 43.8 Å². The van der Waals surface area contributed by atoms with Crippen molar-refractivity contribution in [2.75, 3.05) is 28.4 Å². The van der Waals surface area contributed by atoms with Crippen LogP contribution in [0.4, 0.5) is 0 Å². The number of hydrogen-bond acceptors (Lipinski definition) is 4. The largest absolute Gasteiger partial charge is 2.00 e. The van der Waals surface area contributed by atoms with Gasteiger partial charge in [-0.3, -0.25) is 0 Å². The second-order valence-electron chi connectivity index (χ2n) is 2.08. The Bertz CT molecular complexity index is 73.0. The van der Waals surface area contributed by atoms with Crippen LogP contribution in [0.3, 0.4) is 0 Å². The van der Waals surface area contributed by atoms with Gasteiger partial charge in [-0.1, -0.05) is 0 Å². The minimum absolute atomic E-state index is 0. The van der Waals surface area contributed by atoms with Crippen molar-refractivity contribution in [3.63, 3.8) is 0 Å². The smallest absolute Gasteiger partial charge is 1.00 e. The predicted molar refractivity (Wildman–Crippen MR) is 47.0 cm³/mol. The first-order valence-corrected chi connectivity index (χ1v) is 3.73. The van der Waals surface area contributed by atoms with Crippen molar-refractivity contribution in [2.24, 2.45) is 0 Å². The molecule has 0 aliphatic heterocycles. The average molecular weight is 310 g/mol. The standard InChI is InChI=1S/2C4H10O2.2ClH.Ni/c2*1-4(5-2)6-3;;;/h2*4H,1-3H3;2*1H;/q;;;;+2/p-2. The summed E-state index contributed by atoms with van der Waals surface area (Å²) in [4.78, 5) is 0. The van der Waals surface area contributed by atoms with E-state index in [1.807, 2.05) is 13.8 Å². The fourth-order valence-electron chi connectivity index (χ4n) is 0.192. The maximum atomic E-state index is 4.68. The van der Waals surface area contributed by atoms with Gasteiger partial charge in [0.15, 0.2) is 12.6 Å². The zero-order valence-electron chi connectivity index (χ0n) is 9.86. The molecule has 0 aromatic rings. The molecule has 0 fully saturated rings. The molecule has 0 unspecified atom stereocenters. The number of ether oxygens (including phenoxy) is 4. The Morgan fingerprint density at radius 3 is 0.733 bits per heavy atom. The first-order chi connectivity index (χ1) is 5.62. The molecule has 0 spiro atoms. The third-order valence-corrected chi connectivity index (χ3v) is 1.33. The van der Waals surface area contributed by atoms with Crippen LogP contribution in [0.5, 0.6) is 0 Å². The van der Waals surface area contributed by atoms with Gasteiger partial charge in [-0.2, -0.15) is 0 Å². The molecule has 15 heavy (non-hydrogen) atoms. The first-order valence-electron chi connectivity index (χ1n) is 3.73. The summed E-state index contributed by atoms with van der Waals surface area (Å²) in [6.45, 7) is 3.67. The zero-order chi connectivity index (χ0) is 9.98. The monoisotopic (exact) mass is 308 g/mol. The maximum Gasteiger partial charge on any atom is 2.00 e. The number of rotatable bonds is 4. The van der Waals surface area contributed by atoms with E-state index in [9.17, 15) is 0 Å². The Morgan fingerprint density at radius 2 is 0.733 bits per heavy atom. The molecular weight excluding hydrogens is 290 g/mol. The average Bonchev–Trinajstić information content (AvgIpc) is 2.16. The van der Waals surface area contributed by atoms with E-state index in [0.717, 1.165) is 0 Å². The number of methoxy groups -OCH3 is 4. The van der Waals surface area contributed by atoms with Crippen LogP contribution >= 0.6 is 0 Å². The van der Waals surface area contributed by atoms with Gasteiger partial charge in [-0.25, -0.2) is 0 Å². The molecule has 0 aliphatic rings. The number of hydrogen-bond donors (Lipinski definition) is 0. The van der Waals surface area contributed by atoms with E-state index in [-0.39, 0.29) is 53.9 Å². The summed E-state index contributed by atoms with van der Waals surface area (Å²) in [5.41, 5.74) is 0. The van der Waals surface area contributed by atoms with Crippen LogP contribution in [0.1, 0.15) is 13.8 Å². The van der Waals surface area contributed by atoms with Gasteiger partial charge in [-0.05, 0) is 13.8 Å². The zero-order valence-corrected chi connectivity index (χ0v) is 12.4. The third-order valence-electron chi connectivity index (χ3n) is 1.33. The number of halogens is 2. The van der Waals surface area contributed by atoms with Crippen molar-refractivity contribution < 1.29 is 60.3 Å². The van der Waals surface area contributed by atoms with Crippen molar-refractivity contribution in [1.82, 2.24) is 0 Å². The maximum absolute atomic E-state index is 4.68. The van der Waals surface area contributed by atoms with Crippen LogP contribution in [-0.2, 0) is 35.4 Å². The molecule has 0 atom stereocenters. The van der Waals surface area contributed by atoms with Gasteiger partial charge in [0.2, 0.25) is 0 Å². The molecule has 4 nitrogen and oxygen atoms in total. The molecule has 0 heterocycles. The second kappa shape index (κ2) is 24.2. The Hall–Kier alpha value is 0.914. The van der Waals surface area contributed by atoms with Gasteiger partial charge in [-0.15, -0.1) is 0 Å². The van der Waals surface area contributed by atoms with Gasteiger partial charge in [0.25, 0.3) is 0 Å². The Labute approximate surface area is 115 Å². The molecule has 100 valence electrons. The van der Waals surface area contributed by atoms with Crippen LogP contribution in [0.15, 0.2) is 0 Å². The van der Waals surface area contributed by atoms with E-state index in [1.54, 1.807) is 28.4 Å². The minimum atomic E-state index is -0.0648. The first kappa shape index (κ1) is 29.7. The predicted octanol–water partition coefficient (Wildman–Crippen LogP) is -4.74. The molecule has 0 aliphatic carbocycles. The van der Waals surface area contributed by atoms with E-state index < -0.39 is 0 Å². The summed E-state index contributed by atoms with van der Waals surface area (Å²) in [5.74, 6) is 0. The van der Waals surface area contributed by atoms with Crippen LogP contribution in [0.25, 0.3) is 0 Å². The Morgan fingerprint density at radius 1 is 0.600 bits per heavy atom. The topological polar surface area (TPSA) is 36.9 Å². The molecule has 0 saturated heterocycles. The van der Waals surface area contributed by atoms with Crippen molar-refractivity contribution >= 4 is 0 Å². The van der Waals surface area contributed by atoms with E-state index >= 15 is 0 Å². The molecule has 0 aromatic carbocycles. The van der Waals surface area contributed by atoms with E-state index in [0.29, 0.717) is 0 Å². The Balaban J connectivity index is -0.0000000370. The van der Waals surface area contributed by atoms with Crippen LogP contribution in [0.2, 0.25) is 0 Å². The summed E-state index contributed by atoms with van der Waals surface area (Å²) in [6, 6.07) is 0. The summed E-state index contributed by atoms with van der Waals surface area (Å²) in [7, 11) is 6.42. The van der Waals surface area contributed by atoms with Crippen molar-refractivity contribution in [3.8, 4) is 0 Å².